The highest BCUT2D eigenvalue weighted by molar-refractivity contribution is 6.69. The Bertz CT molecular complexity index is 810. The number of nitrogens with zero attached hydrogens (tertiary/aromatic N) is 3. The maximum absolute atomic E-state index is 12.5. The minimum absolute atomic E-state index is 0.00813. The number of aliphatic imine (C=N–C) groups is 3. The number of unbranched alkanes of at least 4 members (excludes halogenated alkanes) is 5. The lowest BCUT2D eigenvalue weighted by molar-refractivity contribution is -0.147. The van der Waals surface area contributed by atoms with Crippen molar-refractivity contribution in [1.29, 1.82) is 0 Å². The van der Waals surface area contributed by atoms with E-state index < -0.39 is 23.7 Å². The lowest BCUT2D eigenvalue weighted by Crippen LogP contribution is -2.65. The van der Waals surface area contributed by atoms with Crippen LogP contribution in [0.1, 0.15) is 72.1 Å². The zero-order valence-corrected chi connectivity index (χ0v) is 20.5. The SMILES string of the molecule is CCCCCCCC(=O)OCC1(NCCCCOC(=O)[C@@H](N)C(C)C)N=C2N=CN=C2C(=O)N1. The Kier molecular flexibility index (Phi) is 11.3. The predicted octanol–water partition coefficient (Wildman–Crippen LogP) is 1.45. The maximum Gasteiger partial charge on any atom is 0.323 e. The van der Waals surface area contributed by atoms with Crippen molar-refractivity contribution >= 4 is 35.7 Å². The molecule has 2 atom stereocenters. The van der Waals surface area contributed by atoms with Gasteiger partial charge in [0.25, 0.3) is 5.91 Å². The Morgan fingerprint density at radius 1 is 1.15 bits per heavy atom. The van der Waals surface area contributed by atoms with E-state index in [1.807, 2.05) is 13.8 Å². The molecule has 4 N–H and O–H groups in total. The van der Waals surface area contributed by atoms with Gasteiger partial charge in [-0.25, -0.2) is 15.0 Å². The van der Waals surface area contributed by atoms with Crippen molar-refractivity contribution < 1.29 is 23.9 Å². The average molecular weight is 479 g/mol. The third-order valence-electron chi connectivity index (χ3n) is 5.56. The number of hydrogen-bond donors (Lipinski definition) is 3. The highest BCUT2D eigenvalue weighted by Gasteiger charge is 2.41. The van der Waals surface area contributed by atoms with Crippen LogP contribution >= 0.6 is 0 Å². The molecule has 0 aromatic carbocycles. The Labute approximate surface area is 201 Å². The van der Waals surface area contributed by atoms with Gasteiger partial charge >= 0.3 is 11.9 Å². The van der Waals surface area contributed by atoms with Gasteiger partial charge in [0.1, 0.15) is 19.0 Å². The molecule has 2 heterocycles. The third kappa shape index (κ3) is 8.60. The molecule has 0 saturated heterocycles. The molecule has 0 saturated carbocycles. The molecule has 190 valence electrons. The van der Waals surface area contributed by atoms with Crippen molar-refractivity contribution in [3.8, 4) is 0 Å². The highest BCUT2D eigenvalue weighted by Crippen LogP contribution is 2.15. The van der Waals surface area contributed by atoms with Gasteiger partial charge in [0.15, 0.2) is 11.5 Å². The number of amidine groups is 1. The zero-order valence-electron chi connectivity index (χ0n) is 20.5. The summed E-state index contributed by atoms with van der Waals surface area (Å²) in [6, 6.07) is -0.640. The number of amides is 1. The second-order valence-electron chi connectivity index (χ2n) is 8.87. The van der Waals surface area contributed by atoms with Crippen molar-refractivity contribution in [2.45, 2.75) is 84.0 Å². The summed E-state index contributed by atoms with van der Waals surface area (Å²) in [7, 11) is 0. The van der Waals surface area contributed by atoms with Crippen LogP contribution < -0.4 is 16.4 Å². The molecule has 0 aromatic rings. The van der Waals surface area contributed by atoms with Gasteiger partial charge in [-0.15, -0.1) is 0 Å². The number of nitrogens with one attached hydrogen (secondary N) is 2. The molecule has 0 bridgehead atoms. The number of nitrogens with two attached hydrogens (primary N) is 1. The Hall–Kier alpha value is -2.66. The van der Waals surface area contributed by atoms with Crippen LogP contribution in [0.2, 0.25) is 0 Å². The molecule has 0 spiro atoms. The predicted molar refractivity (Wildman–Crippen MR) is 130 cm³/mol. The first-order chi connectivity index (χ1) is 16.3. The number of rotatable bonds is 16. The first-order valence-corrected chi connectivity index (χ1v) is 12.1. The van der Waals surface area contributed by atoms with Gasteiger partial charge in [-0.1, -0.05) is 46.5 Å². The van der Waals surface area contributed by atoms with Crippen LogP contribution in [0.25, 0.3) is 0 Å². The molecule has 2 aliphatic heterocycles. The lowest BCUT2D eigenvalue weighted by atomic mass is 10.1. The van der Waals surface area contributed by atoms with Crippen molar-refractivity contribution in [1.82, 2.24) is 10.6 Å². The number of fused-ring (bicyclic) bond motifs is 1. The molecule has 11 heteroatoms. The number of carbonyl (C=O) groups excluding carboxylic acids is 3. The van der Waals surface area contributed by atoms with Crippen LogP contribution in [0.3, 0.4) is 0 Å². The van der Waals surface area contributed by atoms with E-state index in [1.165, 1.54) is 6.34 Å². The molecular formula is C23H38N6O5. The lowest BCUT2D eigenvalue weighted by Gasteiger charge is -2.34. The number of carbonyl (C=O) groups is 3. The van der Waals surface area contributed by atoms with Crippen LogP contribution in [-0.4, -0.2) is 67.3 Å². The van der Waals surface area contributed by atoms with Gasteiger partial charge < -0.3 is 20.5 Å². The molecule has 11 nitrogen and oxygen atoms in total. The minimum atomic E-state index is -1.33. The van der Waals surface area contributed by atoms with Crippen LogP contribution in [0.4, 0.5) is 0 Å². The third-order valence-corrected chi connectivity index (χ3v) is 5.56. The summed E-state index contributed by atoms with van der Waals surface area (Å²) in [5, 5.41) is 5.91. The first-order valence-electron chi connectivity index (χ1n) is 12.1. The van der Waals surface area contributed by atoms with Gasteiger partial charge in [-0.3, -0.25) is 19.7 Å². The van der Waals surface area contributed by atoms with Gasteiger partial charge in [-0.05, 0) is 31.7 Å². The van der Waals surface area contributed by atoms with Crippen LogP contribution in [0.15, 0.2) is 15.0 Å². The van der Waals surface area contributed by atoms with Crippen molar-refractivity contribution in [2.24, 2.45) is 26.6 Å². The van der Waals surface area contributed by atoms with E-state index in [1.54, 1.807) is 0 Å². The largest absolute Gasteiger partial charge is 0.465 e. The molecule has 0 fully saturated rings. The smallest absolute Gasteiger partial charge is 0.323 e. The summed E-state index contributed by atoms with van der Waals surface area (Å²) in [5.74, 6) is -2.32. The monoisotopic (exact) mass is 478 g/mol. The fraction of sp³-hybridized carbons (Fsp3) is 0.739. The Morgan fingerprint density at radius 3 is 2.65 bits per heavy atom. The van der Waals surface area contributed by atoms with E-state index in [-0.39, 0.29) is 36.6 Å². The minimum Gasteiger partial charge on any atom is -0.465 e. The standard InChI is InChI=1S/C23H38N6O5/c1-4-5-6-7-8-11-17(30)34-14-23(28-20-19(21(31)29-23)25-15-26-20)27-12-9-10-13-33-22(32)18(24)16(2)3/h15-16,18,27H,4-14,24H2,1-3H3,(H,29,31)/t18-,23?/m0/s1. The molecule has 2 aliphatic rings. The zero-order chi connectivity index (χ0) is 25.0. The molecule has 2 rings (SSSR count). The fourth-order valence-corrected chi connectivity index (χ4v) is 3.35. The summed E-state index contributed by atoms with van der Waals surface area (Å²) in [4.78, 5) is 49.0. The molecule has 34 heavy (non-hydrogen) atoms. The molecule has 1 unspecified atom stereocenters. The van der Waals surface area contributed by atoms with E-state index in [9.17, 15) is 14.4 Å². The average Bonchev–Trinajstić information content (AvgIpc) is 3.28. The number of ether oxygens (including phenoxy) is 2. The summed E-state index contributed by atoms with van der Waals surface area (Å²) >= 11 is 0. The van der Waals surface area contributed by atoms with E-state index in [0.29, 0.717) is 25.8 Å². The molecule has 0 aliphatic carbocycles. The Morgan fingerprint density at radius 2 is 1.91 bits per heavy atom. The van der Waals surface area contributed by atoms with Gasteiger partial charge in [0, 0.05) is 6.42 Å². The Balaban J connectivity index is 1.85. The van der Waals surface area contributed by atoms with Crippen LogP contribution in [-0.2, 0) is 23.9 Å². The summed E-state index contributed by atoms with van der Waals surface area (Å²) < 4.78 is 10.7. The van der Waals surface area contributed by atoms with Gasteiger partial charge in [0.2, 0.25) is 5.79 Å². The number of hydrogen-bond acceptors (Lipinski definition) is 10. The second-order valence-corrected chi connectivity index (χ2v) is 8.87. The van der Waals surface area contributed by atoms with Gasteiger partial charge in [-0.2, -0.15) is 0 Å². The van der Waals surface area contributed by atoms with E-state index in [0.717, 1.165) is 32.1 Å². The van der Waals surface area contributed by atoms with Crippen molar-refractivity contribution in [2.75, 3.05) is 19.8 Å². The summed E-state index contributed by atoms with van der Waals surface area (Å²) in [5.41, 5.74) is 5.91. The molecular weight excluding hydrogens is 440 g/mol. The quantitative estimate of drug-likeness (QED) is 0.224. The second kappa shape index (κ2) is 13.9. The highest BCUT2D eigenvalue weighted by atomic mass is 16.5. The maximum atomic E-state index is 12.5. The van der Waals surface area contributed by atoms with E-state index in [2.05, 4.69) is 32.5 Å². The summed E-state index contributed by atoms with van der Waals surface area (Å²) in [6.07, 6.45) is 7.93. The molecule has 1 amide bonds. The van der Waals surface area contributed by atoms with Crippen molar-refractivity contribution in [3.05, 3.63) is 0 Å². The summed E-state index contributed by atoms with van der Waals surface area (Å²) in [6.45, 7) is 6.35. The molecule has 0 radical (unpaired) electrons. The van der Waals surface area contributed by atoms with E-state index in [4.69, 9.17) is 15.2 Å². The van der Waals surface area contributed by atoms with Crippen molar-refractivity contribution in [3.63, 3.8) is 0 Å². The van der Waals surface area contributed by atoms with Gasteiger partial charge in [0.05, 0.1) is 6.61 Å². The van der Waals surface area contributed by atoms with Crippen LogP contribution in [0, 0.1) is 5.92 Å². The topological polar surface area (TPSA) is 157 Å². The number of esters is 2. The van der Waals surface area contributed by atoms with Crippen LogP contribution in [0.5, 0.6) is 0 Å². The first kappa shape index (κ1) is 27.6. The molecule has 0 aromatic heterocycles. The fourth-order valence-electron chi connectivity index (χ4n) is 3.35. The normalized spacial score (nSPS) is 19.9. The van der Waals surface area contributed by atoms with E-state index >= 15 is 0 Å².